The van der Waals surface area contributed by atoms with Gasteiger partial charge in [-0.05, 0) is 19.8 Å². The van der Waals surface area contributed by atoms with Gasteiger partial charge in [0.2, 0.25) is 0 Å². The van der Waals surface area contributed by atoms with Gasteiger partial charge >= 0.3 is 5.97 Å². The SMILES string of the molecule is CCCC[CH]C=C(C)C(=O)O. The Morgan fingerprint density at radius 2 is 2.18 bits per heavy atom. The lowest BCUT2D eigenvalue weighted by Crippen LogP contribution is -1.95. The van der Waals surface area contributed by atoms with E-state index in [0.29, 0.717) is 5.57 Å². The molecule has 1 radical (unpaired) electrons. The van der Waals surface area contributed by atoms with Crippen LogP contribution in [-0.4, -0.2) is 11.1 Å². The minimum absolute atomic E-state index is 0.404. The molecular weight excluding hydrogens is 140 g/mol. The number of carboxylic acid groups (broad SMARTS) is 1. The van der Waals surface area contributed by atoms with Gasteiger partial charge in [0, 0.05) is 5.57 Å². The van der Waals surface area contributed by atoms with E-state index < -0.39 is 5.97 Å². The van der Waals surface area contributed by atoms with Crippen molar-refractivity contribution < 1.29 is 9.90 Å². The maximum absolute atomic E-state index is 10.3. The Morgan fingerprint density at radius 3 is 2.64 bits per heavy atom. The summed E-state index contributed by atoms with van der Waals surface area (Å²) in [5.74, 6) is -0.835. The molecule has 0 bridgehead atoms. The number of carbonyl (C=O) groups is 1. The second-order valence-electron chi connectivity index (χ2n) is 2.53. The molecule has 0 amide bonds. The van der Waals surface area contributed by atoms with Crippen molar-refractivity contribution in [3.8, 4) is 0 Å². The molecule has 2 heteroatoms. The molecule has 0 heterocycles. The number of aliphatic carboxylic acids is 1. The van der Waals surface area contributed by atoms with Crippen molar-refractivity contribution in [2.75, 3.05) is 0 Å². The summed E-state index contributed by atoms with van der Waals surface area (Å²) in [6.45, 7) is 3.71. The molecule has 0 aliphatic carbocycles. The smallest absolute Gasteiger partial charge is 0.330 e. The summed E-state index contributed by atoms with van der Waals surface area (Å²) >= 11 is 0. The summed E-state index contributed by atoms with van der Waals surface area (Å²) in [5, 5.41) is 8.45. The van der Waals surface area contributed by atoms with Gasteiger partial charge in [0.05, 0.1) is 0 Å². The van der Waals surface area contributed by atoms with Crippen LogP contribution >= 0.6 is 0 Å². The van der Waals surface area contributed by atoms with Crippen LogP contribution in [0.5, 0.6) is 0 Å². The third kappa shape index (κ3) is 5.64. The number of allylic oxidation sites excluding steroid dienone is 1. The highest BCUT2D eigenvalue weighted by atomic mass is 16.4. The zero-order valence-electron chi connectivity index (χ0n) is 7.13. The van der Waals surface area contributed by atoms with Gasteiger partial charge in [0.15, 0.2) is 0 Å². The van der Waals surface area contributed by atoms with Crippen molar-refractivity contribution >= 4 is 5.97 Å². The highest BCUT2D eigenvalue weighted by Crippen LogP contribution is 2.01. The van der Waals surface area contributed by atoms with Crippen molar-refractivity contribution in [1.29, 1.82) is 0 Å². The minimum atomic E-state index is -0.835. The normalized spacial score (nSPS) is 11.6. The van der Waals surface area contributed by atoms with Crippen LogP contribution < -0.4 is 0 Å². The molecule has 2 nitrogen and oxygen atoms in total. The molecule has 0 aromatic rings. The van der Waals surface area contributed by atoms with Crippen LogP contribution in [0.1, 0.15) is 33.1 Å². The van der Waals surface area contributed by atoms with Crippen LogP contribution in [0.15, 0.2) is 11.6 Å². The standard InChI is InChI=1S/C9H15O2/c1-3-4-5-6-7-8(2)9(10)11/h6-7H,3-5H2,1-2H3,(H,10,11). The Kier molecular flexibility index (Phi) is 5.53. The molecule has 11 heavy (non-hydrogen) atoms. The van der Waals surface area contributed by atoms with E-state index in [2.05, 4.69) is 6.92 Å². The largest absolute Gasteiger partial charge is 0.478 e. The van der Waals surface area contributed by atoms with Crippen LogP contribution in [0.25, 0.3) is 0 Å². The third-order valence-corrected chi connectivity index (χ3v) is 1.43. The maximum atomic E-state index is 10.3. The molecular formula is C9H15O2. The van der Waals surface area contributed by atoms with Gasteiger partial charge in [0.25, 0.3) is 0 Å². The van der Waals surface area contributed by atoms with E-state index in [1.54, 1.807) is 13.0 Å². The van der Waals surface area contributed by atoms with E-state index in [1.807, 2.05) is 6.42 Å². The highest BCUT2D eigenvalue weighted by molar-refractivity contribution is 5.85. The molecule has 63 valence electrons. The van der Waals surface area contributed by atoms with E-state index in [4.69, 9.17) is 5.11 Å². The Hall–Kier alpha value is -0.790. The first-order valence-corrected chi connectivity index (χ1v) is 3.92. The van der Waals surface area contributed by atoms with E-state index in [0.717, 1.165) is 19.3 Å². The topological polar surface area (TPSA) is 37.3 Å². The van der Waals surface area contributed by atoms with Gasteiger partial charge in [-0.3, -0.25) is 0 Å². The lowest BCUT2D eigenvalue weighted by molar-refractivity contribution is -0.132. The molecule has 0 spiro atoms. The second kappa shape index (κ2) is 5.96. The van der Waals surface area contributed by atoms with Crippen LogP contribution in [-0.2, 0) is 4.79 Å². The third-order valence-electron chi connectivity index (χ3n) is 1.43. The summed E-state index contributed by atoms with van der Waals surface area (Å²) < 4.78 is 0. The molecule has 0 unspecified atom stereocenters. The first-order valence-electron chi connectivity index (χ1n) is 3.92. The van der Waals surface area contributed by atoms with Gasteiger partial charge in [-0.15, -0.1) is 0 Å². The van der Waals surface area contributed by atoms with Crippen molar-refractivity contribution in [2.24, 2.45) is 0 Å². The van der Waals surface area contributed by atoms with Crippen LogP contribution in [0.3, 0.4) is 0 Å². The predicted molar refractivity (Wildman–Crippen MR) is 45.2 cm³/mol. The average Bonchev–Trinajstić information content (AvgIpc) is 1.97. The highest BCUT2D eigenvalue weighted by Gasteiger charge is 1.97. The van der Waals surface area contributed by atoms with Gasteiger partial charge in [0.1, 0.15) is 0 Å². The molecule has 0 saturated heterocycles. The molecule has 0 aromatic heterocycles. The number of carboxylic acids is 1. The van der Waals surface area contributed by atoms with Gasteiger partial charge in [-0.25, -0.2) is 4.79 Å². The van der Waals surface area contributed by atoms with Crippen molar-refractivity contribution in [1.82, 2.24) is 0 Å². The summed E-state index contributed by atoms with van der Waals surface area (Å²) in [7, 11) is 0. The Bertz CT molecular complexity index is 148. The van der Waals surface area contributed by atoms with E-state index in [-0.39, 0.29) is 0 Å². The Morgan fingerprint density at radius 1 is 1.55 bits per heavy atom. The zero-order valence-corrected chi connectivity index (χ0v) is 7.13. The molecule has 1 N–H and O–H groups in total. The van der Waals surface area contributed by atoms with Crippen molar-refractivity contribution in [3.63, 3.8) is 0 Å². The fourth-order valence-electron chi connectivity index (χ4n) is 0.653. The minimum Gasteiger partial charge on any atom is -0.478 e. The quantitative estimate of drug-likeness (QED) is 0.489. The number of rotatable bonds is 5. The lowest BCUT2D eigenvalue weighted by atomic mass is 10.1. The van der Waals surface area contributed by atoms with Gasteiger partial charge < -0.3 is 5.11 Å². The van der Waals surface area contributed by atoms with E-state index in [1.165, 1.54) is 0 Å². The van der Waals surface area contributed by atoms with Crippen LogP contribution in [0.2, 0.25) is 0 Å². The number of hydrogen-bond acceptors (Lipinski definition) is 1. The second-order valence-corrected chi connectivity index (χ2v) is 2.53. The fraction of sp³-hybridized carbons (Fsp3) is 0.556. The first kappa shape index (κ1) is 10.2. The predicted octanol–water partition coefficient (Wildman–Crippen LogP) is 2.41. The van der Waals surface area contributed by atoms with Crippen LogP contribution in [0.4, 0.5) is 0 Å². The summed E-state index contributed by atoms with van der Waals surface area (Å²) in [5.41, 5.74) is 0.404. The lowest BCUT2D eigenvalue weighted by Gasteiger charge is -1.93. The molecule has 0 rings (SSSR count). The monoisotopic (exact) mass is 155 g/mol. The van der Waals surface area contributed by atoms with Crippen molar-refractivity contribution in [2.45, 2.75) is 33.1 Å². The fourth-order valence-corrected chi connectivity index (χ4v) is 0.653. The summed E-state index contributed by atoms with van der Waals surface area (Å²) in [4.78, 5) is 10.3. The molecule has 0 fully saturated rings. The zero-order chi connectivity index (χ0) is 8.69. The number of unbranched alkanes of at least 4 members (excludes halogenated alkanes) is 3. The molecule has 0 aliphatic rings. The number of hydrogen-bond donors (Lipinski definition) is 1. The molecule has 0 aliphatic heterocycles. The van der Waals surface area contributed by atoms with E-state index >= 15 is 0 Å². The Balaban J connectivity index is 3.48. The van der Waals surface area contributed by atoms with Gasteiger partial charge in [-0.1, -0.05) is 25.8 Å². The average molecular weight is 155 g/mol. The first-order chi connectivity index (χ1) is 5.18. The molecule has 0 saturated carbocycles. The maximum Gasteiger partial charge on any atom is 0.330 e. The van der Waals surface area contributed by atoms with Gasteiger partial charge in [-0.2, -0.15) is 0 Å². The molecule has 0 atom stereocenters. The summed E-state index contributed by atoms with van der Waals surface area (Å²) in [6, 6.07) is 0. The van der Waals surface area contributed by atoms with Crippen molar-refractivity contribution in [3.05, 3.63) is 18.1 Å². The van der Waals surface area contributed by atoms with E-state index in [9.17, 15) is 4.79 Å². The van der Waals surface area contributed by atoms with Crippen LogP contribution in [0, 0.1) is 6.42 Å². The molecule has 0 aromatic carbocycles. The Labute approximate surface area is 67.9 Å². The summed E-state index contributed by atoms with van der Waals surface area (Å²) in [6.07, 6.45) is 6.83.